The first-order valence-corrected chi connectivity index (χ1v) is 7.53. The van der Waals surface area contributed by atoms with Gasteiger partial charge in [0.25, 0.3) is 5.91 Å². The topological polar surface area (TPSA) is 53.3 Å². The van der Waals surface area contributed by atoms with Gasteiger partial charge in [0.05, 0.1) is 12.5 Å². The Balaban J connectivity index is 2.19. The van der Waals surface area contributed by atoms with Crippen molar-refractivity contribution in [2.75, 3.05) is 19.8 Å². The van der Waals surface area contributed by atoms with Crippen molar-refractivity contribution in [3.8, 4) is 6.07 Å². The zero-order chi connectivity index (χ0) is 15.2. The number of hydrogen-bond acceptors (Lipinski definition) is 3. The van der Waals surface area contributed by atoms with E-state index in [9.17, 15) is 4.79 Å². The average molecular weight is 307 g/mol. The van der Waals surface area contributed by atoms with Crippen LogP contribution in [0.4, 0.5) is 0 Å². The second kappa shape index (κ2) is 7.44. The fraction of sp³-hybridized carbons (Fsp3) is 0.500. The van der Waals surface area contributed by atoms with Crippen LogP contribution >= 0.6 is 11.6 Å². The molecule has 1 heterocycles. The molecule has 1 saturated heterocycles. The average Bonchev–Trinajstić information content (AvgIpc) is 2.51. The number of carbonyl (C=O) groups is 1. The molecule has 0 spiro atoms. The van der Waals surface area contributed by atoms with Gasteiger partial charge in [0.2, 0.25) is 0 Å². The lowest BCUT2D eigenvalue weighted by molar-refractivity contribution is 0.0296. The third-order valence-corrected chi connectivity index (χ3v) is 4.18. The van der Waals surface area contributed by atoms with Gasteiger partial charge < -0.3 is 9.64 Å². The van der Waals surface area contributed by atoms with Crippen molar-refractivity contribution in [3.63, 3.8) is 0 Å². The fourth-order valence-corrected chi connectivity index (χ4v) is 2.69. The summed E-state index contributed by atoms with van der Waals surface area (Å²) in [6.45, 7) is 3.68. The van der Waals surface area contributed by atoms with Gasteiger partial charge in [-0.1, -0.05) is 17.7 Å². The predicted octanol–water partition coefficient (Wildman–Crippen LogP) is 3.18. The van der Waals surface area contributed by atoms with Crippen molar-refractivity contribution >= 4 is 17.5 Å². The Kier molecular flexibility index (Phi) is 5.60. The highest BCUT2D eigenvalue weighted by atomic mass is 35.5. The monoisotopic (exact) mass is 306 g/mol. The largest absolute Gasteiger partial charge is 0.381 e. The lowest BCUT2D eigenvalue weighted by atomic mass is 10.0. The second-order valence-electron chi connectivity index (χ2n) is 5.21. The Labute approximate surface area is 130 Å². The van der Waals surface area contributed by atoms with E-state index in [0.717, 1.165) is 18.4 Å². The van der Waals surface area contributed by atoms with E-state index in [2.05, 4.69) is 6.07 Å². The van der Waals surface area contributed by atoms with Gasteiger partial charge in [-0.05, 0) is 37.5 Å². The molecule has 112 valence electrons. The molecule has 2 rings (SSSR count). The van der Waals surface area contributed by atoms with Crippen molar-refractivity contribution in [3.05, 3.63) is 34.3 Å². The van der Waals surface area contributed by atoms with Crippen LogP contribution < -0.4 is 0 Å². The van der Waals surface area contributed by atoms with E-state index in [1.165, 1.54) is 0 Å². The third-order valence-electron chi connectivity index (χ3n) is 3.78. The Bertz CT molecular complexity index is 548. The molecule has 1 amide bonds. The third kappa shape index (κ3) is 3.96. The molecule has 1 aliphatic heterocycles. The minimum atomic E-state index is -0.0564. The summed E-state index contributed by atoms with van der Waals surface area (Å²) in [5, 5.41) is 9.40. The lowest BCUT2D eigenvalue weighted by Crippen LogP contribution is -2.44. The van der Waals surface area contributed by atoms with Gasteiger partial charge in [-0.15, -0.1) is 0 Å². The SMILES string of the molecule is Cc1ccc(C(=O)N(CCC#N)C2CCOCC2)cc1Cl. The van der Waals surface area contributed by atoms with Gasteiger partial charge in [0.1, 0.15) is 0 Å². The van der Waals surface area contributed by atoms with Crippen LogP contribution in [0.15, 0.2) is 18.2 Å². The number of nitriles is 1. The summed E-state index contributed by atoms with van der Waals surface area (Å²) in [6, 6.07) is 7.60. The summed E-state index contributed by atoms with van der Waals surface area (Å²) < 4.78 is 5.35. The molecule has 4 nitrogen and oxygen atoms in total. The molecule has 1 fully saturated rings. The zero-order valence-corrected chi connectivity index (χ0v) is 12.9. The van der Waals surface area contributed by atoms with Gasteiger partial charge >= 0.3 is 0 Å². The van der Waals surface area contributed by atoms with E-state index in [4.69, 9.17) is 21.6 Å². The Hall–Kier alpha value is -1.57. The summed E-state index contributed by atoms with van der Waals surface area (Å²) in [5.74, 6) is -0.0564. The molecule has 0 aromatic heterocycles. The number of hydrogen-bond donors (Lipinski definition) is 0. The first-order chi connectivity index (χ1) is 10.1. The maximum atomic E-state index is 12.7. The number of ether oxygens (including phenoxy) is 1. The van der Waals surface area contributed by atoms with E-state index in [0.29, 0.717) is 36.8 Å². The molecule has 1 aromatic rings. The minimum Gasteiger partial charge on any atom is -0.381 e. The number of aryl methyl sites for hydroxylation is 1. The molecule has 1 aliphatic rings. The predicted molar refractivity (Wildman–Crippen MR) is 81.3 cm³/mol. The van der Waals surface area contributed by atoms with Gasteiger partial charge in [-0.3, -0.25) is 4.79 Å². The van der Waals surface area contributed by atoms with Crippen LogP contribution in [0.1, 0.15) is 35.2 Å². The lowest BCUT2D eigenvalue weighted by Gasteiger charge is -2.34. The van der Waals surface area contributed by atoms with Gasteiger partial charge in [0, 0.05) is 36.4 Å². The van der Waals surface area contributed by atoms with Crippen molar-refractivity contribution in [2.45, 2.75) is 32.2 Å². The molecule has 0 aliphatic carbocycles. The summed E-state index contributed by atoms with van der Waals surface area (Å²) in [4.78, 5) is 14.5. The van der Waals surface area contributed by atoms with Gasteiger partial charge in [-0.25, -0.2) is 0 Å². The first kappa shape index (κ1) is 15.8. The van der Waals surface area contributed by atoms with E-state index >= 15 is 0 Å². The standard InChI is InChI=1S/C16H19ClN2O2/c1-12-3-4-13(11-15(12)17)16(20)19(8-2-7-18)14-5-9-21-10-6-14/h3-4,11,14H,2,5-6,8-10H2,1H3. The Morgan fingerprint density at radius 3 is 2.81 bits per heavy atom. The molecule has 0 bridgehead atoms. The van der Waals surface area contributed by atoms with Crippen LogP contribution in [-0.2, 0) is 4.74 Å². The maximum Gasteiger partial charge on any atom is 0.254 e. The normalized spacial score (nSPS) is 15.5. The number of halogens is 1. The molecular formula is C16H19ClN2O2. The summed E-state index contributed by atoms with van der Waals surface area (Å²) in [5.41, 5.74) is 1.53. The van der Waals surface area contributed by atoms with Crippen LogP contribution in [0.2, 0.25) is 5.02 Å². The summed E-state index contributed by atoms with van der Waals surface area (Å²) in [7, 11) is 0. The number of rotatable bonds is 4. The zero-order valence-electron chi connectivity index (χ0n) is 12.1. The highest BCUT2D eigenvalue weighted by Gasteiger charge is 2.26. The summed E-state index contributed by atoms with van der Waals surface area (Å²) in [6.07, 6.45) is 1.97. The van der Waals surface area contributed by atoms with Gasteiger partial charge in [0.15, 0.2) is 0 Å². The molecular weight excluding hydrogens is 288 g/mol. The molecule has 1 aromatic carbocycles. The molecule has 21 heavy (non-hydrogen) atoms. The number of carbonyl (C=O) groups excluding carboxylic acids is 1. The van der Waals surface area contributed by atoms with Crippen LogP contribution in [0.3, 0.4) is 0 Å². The Morgan fingerprint density at radius 2 is 2.19 bits per heavy atom. The van der Waals surface area contributed by atoms with Crippen molar-refractivity contribution in [1.29, 1.82) is 5.26 Å². The molecule has 0 unspecified atom stereocenters. The van der Waals surface area contributed by atoms with Crippen LogP contribution in [0.5, 0.6) is 0 Å². The first-order valence-electron chi connectivity index (χ1n) is 7.15. The highest BCUT2D eigenvalue weighted by molar-refractivity contribution is 6.31. The fourth-order valence-electron chi connectivity index (χ4n) is 2.51. The maximum absolute atomic E-state index is 12.7. The van der Waals surface area contributed by atoms with E-state index < -0.39 is 0 Å². The summed E-state index contributed by atoms with van der Waals surface area (Å²) >= 11 is 6.11. The molecule has 0 saturated carbocycles. The van der Waals surface area contributed by atoms with Crippen LogP contribution in [0, 0.1) is 18.3 Å². The minimum absolute atomic E-state index is 0.0564. The smallest absolute Gasteiger partial charge is 0.254 e. The Morgan fingerprint density at radius 1 is 1.48 bits per heavy atom. The molecule has 5 heteroatoms. The van der Waals surface area contributed by atoms with Crippen molar-refractivity contribution in [1.82, 2.24) is 4.90 Å². The number of nitrogens with zero attached hydrogens (tertiary/aromatic N) is 2. The highest BCUT2D eigenvalue weighted by Crippen LogP contribution is 2.21. The van der Waals surface area contributed by atoms with Gasteiger partial charge in [-0.2, -0.15) is 5.26 Å². The van der Waals surface area contributed by atoms with Crippen LogP contribution in [-0.4, -0.2) is 36.6 Å². The number of amides is 1. The van der Waals surface area contributed by atoms with E-state index in [-0.39, 0.29) is 11.9 Å². The molecule has 0 radical (unpaired) electrons. The van der Waals surface area contributed by atoms with E-state index in [1.807, 2.05) is 13.0 Å². The van der Waals surface area contributed by atoms with Crippen LogP contribution in [0.25, 0.3) is 0 Å². The second-order valence-corrected chi connectivity index (χ2v) is 5.62. The molecule has 0 atom stereocenters. The molecule has 0 N–H and O–H groups in total. The van der Waals surface area contributed by atoms with Crippen molar-refractivity contribution in [2.24, 2.45) is 0 Å². The van der Waals surface area contributed by atoms with E-state index in [1.54, 1.807) is 17.0 Å². The number of benzene rings is 1. The van der Waals surface area contributed by atoms with Crippen molar-refractivity contribution < 1.29 is 9.53 Å². The quantitative estimate of drug-likeness (QED) is 0.858.